The SMILES string of the molecule is N/C(=N/O)c1cc(F)ccc1CNCCOCC(F)F. The lowest BCUT2D eigenvalue weighted by Crippen LogP contribution is -2.23. The lowest BCUT2D eigenvalue weighted by atomic mass is 10.1. The summed E-state index contributed by atoms with van der Waals surface area (Å²) in [6, 6.07) is 3.90. The lowest BCUT2D eigenvalue weighted by Gasteiger charge is -2.10. The van der Waals surface area contributed by atoms with Gasteiger partial charge in [-0.05, 0) is 17.7 Å². The van der Waals surface area contributed by atoms with Gasteiger partial charge < -0.3 is 21.0 Å². The second-order valence-electron chi connectivity index (χ2n) is 3.93. The monoisotopic (exact) mass is 291 g/mol. The summed E-state index contributed by atoms with van der Waals surface area (Å²) in [6.45, 7) is 0.182. The zero-order chi connectivity index (χ0) is 15.0. The minimum absolute atomic E-state index is 0.129. The van der Waals surface area contributed by atoms with E-state index in [4.69, 9.17) is 15.7 Å². The number of rotatable bonds is 8. The Morgan fingerprint density at radius 3 is 2.85 bits per heavy atom. The number of nitrogens with zero attached hydrogens (tertiary/aromatic N) is 1. The maximum atomic E-state index is 13.1. The first-order chi connectivity index (χ1) is 9.54. The molecule has 0 bridgehead atoms. The summed E-state index contributed by atoms with van der Waals surface area (Å²) in [7, 11) is 0. The molecule has 0 unspecified atom stereocenters. The third kappa shape index (κ3) is 5.45. The fourth-order valence-electron chi connectivity index (χ4n) is 1.53. The number of ether oxygens (including phenoxy) is 1. The molecule has 0 aliphatic carbocycles. The van der Waals surface area contributed by atoms with Crippen LogP contribution in [0.1, 0.15) is 11.1 Å². The van der Waals surface area contributed by atoms with Gasteiger partial charge >= 0.3 is 0 Å². The average Bonchev–Trinajstić information content (AvgIpc) is 2.42. The van der Waals surface area contributed by atoms with E-state index in [0.717, 1.165) is 6.07 Å². The highest BCUT2D eigenvalue weighted by Crippen LogP contribution is 2.11. The largest absolute Gasteiger partial charge is 0.409 e. The van der Waals surface area contributed by atoms with E-state index in [1.165, 1.54) is 12.1 Å². The molecule has 0 atom stereocenters. The van der Waals surface area contributed by atoms with E-state index in [1.807, 2.05) is 0 Å². The molecule has 0 amide bonds. The molecule has 1 aromatic carbocycles. The van der Waals surface area contributed by atoms with Crippen LogP contribution in [0.25, 0.3) is 0 Å². The second kappa shape index (κ2) is 8.39. The molecule has 0 saturated heterocycles. The molecule has 0 aliphatic heterocycles. The predicted molar refractivity (Wildman–Crippen MR) is 67.4 cm³/mol. The Morgan fingerprint density at radius 2 is 2.20 bits per heavy atom. The van der Waals surface area contributed by atoms with Crippen molar-refractivity contribution in [3.63, 3.8) is 0 Å². The minimum atomic E-state index is -2.49. The fraction of sp³-hybridized carbons (Fsp3) is 0.417. The zero-order valence-electron chi connectivity index (χ0n) is 10.7. The molecule has 112 valence electrons. The van der Waals surface area contributed by atoms with Gasteiger partial charge in [0, 0.05) is 18.7 Å². The van der Waals surface area contributed by atoms with Gasteiger partial charge in [0.05, 0.1) is 6.61 Å². The van der Waals surface area contributed by atoms with Crippen LogP contribution in [0.15, 0.2) is 23.4 Å². The van der Waals surface area contributed by atoms with Crippen LogP contribution >= 0.6 is 0 Å². The van der Waals surface area contributed by atoms with Gasteiger partial charge in [-0.3, -0.25) is 0 Å². The summed E-state index contributed by atoms with van der Waals surface area (Å²) in [5.41, 5.74) is 6.34. The van der Waals surface area contributed by atoms with Crippen LogP contribution in [0.2, 0.25) is 0 Å². The number of amidine groups is 1. The van der Waals surface area contributed by atoms with Gasteiger partial charge in [0.1, 0.15) is 12.4 Å². The first-order valence-corrected chi connectivity index (χ1v) is 5.87. The summed E-state index contributed by atoms with van der Waals surface area (Å²) in [5.74, 6) is -0.703. The molecule has 4 N–H and O–H groups in total. The molecule has 0 saturated carbocycles. The first kappa shape index (κ1) is 16.3. The number of nitrogens with one attached hydrogen (secondary N) is 1. The normalized spacial score (nSPS) is 12.1. The van der Waals surface area contributed by atoms with Crippen molar-refractivity contribution in [2.24, 2.45) is 10.9 Å². The van der Waals surface area contributed by atoms with Crippen LogP contribution in [0.3, 0.4) is 0 Å². The van der Waals surface area contributed by atoms with E-state index in [9.17, 15) is 13.2 Å². The van der Waals surface area contributed by atoms with E-state index in [2.05, 4.69) is 10.5 Å². The van der Waals surface area contributed by atoms with E-state index < -0.39 is 18.8 Å². The van der Waals surface area contributed by atoms with Crippen molar-refractivity contribution in [1.82, 2.24) is 5.32 Å². The summed E-state index contributed by atoms with van der Waals surface area (Å²) >= 11 is 0. The van der Waals surface area contributed by atoms with Gasteiger partial charge in [-0.15, -0.1) is 0 Å². The molecule has 0 aliphatic rings. The van der Waals surface area contributed by atoms with Crippen LogP contribution in [0, 0.1) is 5.82 Å². The molecule has 20 heavy (non-hydrogen) atoms. The minimum Gasteiger partial charge on any atom is -0.409 e. The van der Waals surface area contributed by atoms with Crippen molar-refractivity contribution in [1.29, 1.82) is 0 Å². The van der Waals surface area contributed by atoms with Gasteiger partial charge in [-0.2, -0.15) is 0 Å². The van der Waals surface area contributed by atoms with Gasteiger partial charge in [-0.1, -0.05) is 11.2 Å². The van der Waals surface area contributed by atoms with Crippen molar-refractivity contribution >= 4 is 5.84 Å². The second-order valence-corrected chi connectivity index (χ2v) is 3.93. The molecule has 8 heteroatoms. The number of hydrogen-bond donors (Lipinski definition) is 3. The Morgan fingerprint density at radius 1 is 1.45 bits per heavy atom. The third-order valence-corrected chi connectivity index (χ3v) is 2.44. The molecule has 0 spiro atoms. The van der Waals surface area contributed by atoms with Crippen LogP contribution in [-0.2, 0) is 11.3 Å². The van der Waals surface area contributed by atoms with Crippen LogP contribution in [-0.4, -0.2) is 37.2 Å². The fourth-order valence-corrected chi connectivity index (χ4v) is 1.53. The molecule has 0 radical (unpaired) electrons. The average molecular weight is 291 g/mol. The van der Waals surface area contributed by atoms with Crippen LogP contribution in [0.5, 0.6) is 0 Å². The summed E-state index contributed by atoms with van der Waals surface area (Å²) in [5, 5.41) is 14.4. The quantitative estimate of drug-likeness (QED) is 0.222. The van der Waals surface area contributed by atoms with Crippen molar-refractivity contribution in [2.45, 2.75) is 13.0 Å². The standard InChI is InChI=1S/C12H16F3N3O2/c13-9-2-1-8(10(5-9)12(16)18-19)6-17-3-4-20-7-11(14)15/h1-2,5,11,17,19H,3-4,6-7H2,(H2,16,18). The smallest absolute Gasteiger partial charge is 0.261 e. The number of benzene rings is 1. The predicted octanol–water partition coefficient (Wildman–Crippen LogP) is 1.29. The molecule has 1 aromatic rings. The molecule has 0 fully saturated rings. The van der Waals surface area contributed by atoms with Crippen LogP contribution < -0.4 is 11.1 Å². The Labute approximate surface area is 114 Å². The summed E-state index contributed by atoms with van der Waals surface area (Å²) in [6.07, 6.45) is -2.49. The van der Waals surface area contributed by atoms with Crippen molar-refractivity contribution < 1.29 is 23.1 Å². The molecular weight excluding hydrogens is 275 g/mol. The maximum absolute atomic E-state index is 13.1. The van der Waals surface area contributed by atoms with Gasteiger partial charge in [0.25, 0.3) is 6.43 Å². The van der Waals surface area contributed by atoms with Gasteiger partial charge in [0.15, 0.2) is 5.84 Å². The summed E-state index contributed by atoms with van der Waals surface area (Å²) in [4.78, 5) is 0. The number of alkyl halides is 2. The Balaban J connectivity index is 2.47. The van der Waals surface area contributed by atoms with E-state index in [-0.39, 0.29) is 18.0 Å². The highest BCUT2D eigenvalue weighted by molar-refractivity contribution is 5.98. The van der Waals surface area contributed by atoms with E-state index in [1.54, 1.807) is 0 Å². The summed E-state index contributed by atoms with van der Waals surface area (Å²) < 4.78 is 41.4. The maximum Gasteiger partial charge on any atom is 0.261 e. The number of halogens is 3. The topological polar surface area (TPSA) is 79.9 Å². The molecule has 0 aromatic heterocycles. The third-order valence-electron chi connectivity index (χ3n) is 2.44. The van der Waals surface area contributed by atoms with Crippen molar-refractivity contribution in [3.05, 3.63) is 35.1 Å². The van der Waals surface area contributed by atoms with Gasteiger partial charge in [0.2, 0.25) is 0 Å². The number of oxime groups is 1. The van der Waals surface area contributed by atoms with Crippen molar-refractivity contribution in [2.75, 3.05) is 19.8 Å². The molecule has 1 rings (SSSR count). The first-order valence-electron chi connectivity index (χ1n) is 5.87. The number of hydrogen-bond acceptors (Lipinski definition) is 4. The Bertz CT molecular complexity index is 456. The van der Waals surface area contributed by atoms with Crippen LogP contribution in [0.4, 0.5) is 13.2 Å². The Hall–Kier alpha value is -1.80. The van der Waals surface area contributed by atoms with Crippen molar-refractivity contribution in [3.8, 4) is 0 Å². The van der Waals surface area contributed by atoms with E-state index in [0.29, 0.717) is 18.7 Å². The molecular formula is C12H16F3N3O2. The van der Waals surface area contributed by atoms with Gasteiger partial charge in [-0.25, -0.2) is 13.2 Å². The highest BCUT2D eigenvalue weighted by Gasteiger charge is 2.08. The lowest BCUT2D eigenvalue weighted by molar-refractivity contribution is 0.0187. The molecule has 5 nitrogen and oxygen atoms in total. The molecule has 0 heterocycles. The highest BCUT2D eigenvalue weighted by atomic mass is 19.3. The van der Waals surface area contributed by atoms with E-state index >= 15 is 0 Å². The number of nitrogens with two attached hydrogens (primary N) is 1. The Kier molecular flexibility index (Phi) is 6.82. The zero-order valence-corrected chi connectivity index (χ0v) is 10.7.